The van der Waals surface area contributed by atoms with Crippen molar-refractivity contribution in [2.24, 2.45) is 11.8 Å². The number of rotatable bonds is 10. The molecule has 0 N–H and O–H groups in total. The fraction of sp³-hybridized carbons (Fsp3) is 0.180. The topological polar surface area (TPSA) is 28.9 Å². The molecule has 0 fully saturated rings. The van der Waals surface area contributed by atoms with Gasteiger partial charge in [0.1, 0.15) is 18.1 Å². The molecule has 10 rings (SSSR count). The van der Waals surface area contributed by atoms with Crippen molar-refractivity contribution >= 4 is 89.1 Å². The zero-order valence-electron chi connectivity index (χ0n) is 38.6. The smallest absolute Gasteiger partial charge is 0.159 e. The van der Waals surface area contributed by atoms with Crippen LogP contribution in [0, 0.1) is 25.7 Å². The number of allylic oxidation sites excluding steroid dienone is 5. The van der Waals surface area contributed by atoms with E-state index < -0.39 is 0 Å². The number of hydrogen-bond donors (Lipinski definition) is 0. The third kappa shape index (κ3) is 7.18. The number of fused-ring (bicyclic) bond motifs is 2. The van der Waals surface area contributed by atoms with Crippen molar-refractivity contribution in [2.75, 3.05) is 16.4 Å². The van der Waals surface area contributed by atoms with Crippen molar-refractivity contribution in [1.82, 2.24) is 0 Å². The molecule has 2 heterocycles. The number of nitrogens with zero attached hydrogens (tertiary/aromatic N) is 2. The van der Waals surface area contributed by atoms with Gasteiger partial charge in [-0.2, -0.15) is 0 Å². The predicted molar refractivity (Wildman–Crippen MR) is 279 cm³/mol. The molecule has 1 aliphatic heterocycles. The predicted octanol–water partition coefficient (Wildman–Crippen LogP) is 17.7. The van der Waals surface area contributed by atoms with Crippen LogP contribution in [-0.2, 0) is 6.42 Å². The Bertz CT molecular complexity index is 3350. The molecule has 0 unspecified atom stereocenters. The highest BCUT2D eigenvalue weighted by atomic mass is 16.5. The van der Waals surface area contributed by atoms with Crippen molar-refractivity contribution in [3.63, 3.8) is 0 Å². The van der Waals surface area contributed by atoms with Crippen molar-refractivity contribution < 1.29 is 9.15 Å². The molecule has 0 amide bonds. The minimum atomic E-state index is 0.227. The Balaban J connectivity index is 1.25. The molecule has 0 saturated carbocycles. The fourth-order valence-electron chi connectivity index (χ4n) is 9.80. The van der Waals surface area contributed by atoms with E-state index >= 15 is 0 Å². The average molecular weight is 849 g/mol. The summed E-state index contributed by atoms with van der Waals surface area (Å²) in [5.41, 5.74) is 14.1. The summed E-state index contributed by atoms with van der Waals surface area (Å²) in [4.78, 5) is 4.82. The fourth-order valence-corrected chi connectivity index (χ4v) is 9.80. The van der Waals surface area contributed by atoms with Gasteiger partial charge in [0.05, 0.1) is 22.7 Å². The summed E-state index contributed by atoms with van der Waals surface area (Å²) in [6, 6.07) is 48.7. The molecule has 4 heteroatoms. The quantitative estimate of drug-likeness (QED) is 0.128. The van der Waals surface area contributed by atoms with Gasteiger partial charge in [0.2, 0.25) is 0 Å². The van der Waals surface area contributed by atoms with Crippen molar-refractivity contribution in [1.29, 1.82) is 0 Å². The van der Waals surface area contributed by atoms with Crippen LogP contribution in [0.25, 0.3) is 54.9 Å². The molecular weight excluding hydrogens is 793 g/mol. The summed E-state index contributed by atoms with van der Waals surface area (Å²) in [6.45, 7) is 20.4. The van der Waals surface area contributed by atoms with E-state index in [1.807, 2.05) is 0 Å². The maximum atomic E-state index is 6.99. The van der Waals surface area contributed by atoms with E-state index in [9.17, 15) is 0 Å². The van der Waals surface area contributed by atoms with Crippen LogP contribution in [0.1, 0.15) is 62.6 Å². The Morgan fingerprint density at radius 2 is 1.20 bits per heavy atom. The molecule has 0 aliphatic carbocycles. The van der Waals surface area contributed by atoms with Gasteiger partial charge >= 0.3 is 0 Å². The van der Waals surface area contributed by atoms with Crippen molar-refractivity contribution in [3.05, 3.63) is 198 Å². The van der Waals surface area contributed by atoms with E-state index in [2.05, 4.69) is 229 Å². The van der Waals surface area contributed by atoms with Crippen molar-refractivity contribution in [2.45, 2.75) is 54.9 Å². The number of ether oxygens (including phenoxy) is 1. The first-order valence-electron chi connectivity index (χ1n) is 23.0. The Kier molecular flexibility index (Phi) is 10.9. The molecule has 65 heavy (non-hydrogen) atoms. The van der Waals surface area contributed by atoms with Crippen LogP contribution in [0.2, 0.25) is 0 Å². The molecule has 9 aromatic rings. The van der Waals surface area contributed by atoms with E-state index in [0.717, 1.165) is 74.2 Å². The van der Waals surface area contributed by atoms with E-state index in [4.69, 9.17) is 9.15 Å². The van der Waals surface area contributed by atoms with Crippen molar-refractivity contribution in [3.8, 4) is 5.75 Å². The summed E-state index contributed by atoms with van der Waals surface area (Å²) < 4.78 is 13.9. The molecule has 4 nitrogen and oxygen atoms in total. The maximum absolute atomic E-state index is 6.99. The van der Waals surface area contributed by atoms with E-state index in [1.54, 1.807) is 0 Å². The molecule has 0 bridgehead atoms. The highest BCUT2D eigenvalue weighted by molar-refractivity contribution is 6.29. The highest BCUT2D eigenvalue weighted by Crippen LogP contribution is 2.52. The summed E-state index contributed by atoms with van der Waals surface area (Å²) in [6.07, 6.45) is 11.7. The highest BCUT2D eigenvalue weighted by Gasteiger charge is 2.28. The standard InChI is InChI=1S/C61H56N2O2/c1-9-20-49-50-28-19-30-54(61(50)65-59(49)42(8)38(2)3)63(46-26-14-11-15-27-46)56-36-41(7)48-31-33-51-55(35-40(6)47-32-34-52(56)58(48)57(47)51)62(45-24-12-10-13-25-45)53-29-18-23-43-21-16-17-22-44(39(4)5)37-64-60(43)53/h9-20,22-36,38-39H,8,21,37H2,1-7H3/b17-16-,20-9-,44-22+. The second kappa shape index (κ2) is 17.0. The number of para-hydroxylation sites is 4. The second-order valence-corrected chi connectivity index (χ2v) is 18.1. The normalized spacial score (nSPS) is 14.4. The lowest BCUT2D eigenvalue weighted by atomic mass is 9.88. The lowest BCUT2D eigenvalue weighted by molar-refractivity contribution is 0.338. The van der Waals surface area contributed by atoms with Crippen LogP contribution in [-0.4, -0.2) is 6.61 Å². The molecule has 322 valence electrons. The maximum Gasteiger partial charge on any atom is 0.159 e. The summed E-state index contributed by atoms with van der Waals surface area (Å²) in [5.74, 6) is 2.35. The number of anilines is 6. The van der Waals surface area contributed by atoms with Gasteiger partial charge in [0, 0.05) is 38.7 Å². The number of aryl methyl sites for hydroxylation is 2. The third-order valence-electron chi connectivity index (χ3n) is 13.3. The minimum absolute atomic E-state index is 0.227. The zero-order chi connectivity index (χ0) is 44.9. The third-order valence-corrected chi connectivity index (χ3v) is 13.3. The zero-order valence-corrected chi connectivity index (χ0v) is 38.6. The number of hydrogen-bond acceptors (Lipinski definition) is 4. The van der Waals surface area contributed by atoms with Crippen LogP contribution >= 0.6 is 0 Å². The van der Waals surface area contributed by atoms with Gasteiger partial charge in [-0.15, -0.1) is 0 Å². The van der Waals surface area contributed by atoms with E-state index in [0.29, 0.717) is 12.5 Å². The largest absolute Gasteiger partial charge is 0.487 e. The lowest BCUT2D eigenvalue weighted by Crippen LogP contribution is -2.15. The van der Waals surface area contributed by atoms with E-state index in [-0.39, 0.29) is 5.92 Å². The first kappa shape index (κ1) is 41.7. The second-order valence-electron chi connectivity index (χ2n) is 18.1. The molecule has 0 spiro atoms. The molecule has 0 atom stereocenters. The molecule has 0 saturated heterocycles. The SMILES string of the molecule is C=C(c1oc2c(N(c3ccccc3)c3cc(C)c4ccc5c(N(c6ccccc6)c6cccc7c6OC/C(C(C)C)=C\C=C/C7)cc(C)c6ccc3c4c65)cccc2c1/C=C\C)C(C)C. The average Bonchev–Trinajstić information content (AvgIpc) is 3.73. The van der Waals surface area contributed by atoms with Gasteiger partial charge in [0.15, 0.2) is 5.58 Å². The Morgan fingerprint density at radius 3 is 1.78 bits per heavy atom. The Labute approximate surface area is 383 Å². The summed E-state index contributed by atoms with van der Waals surface area (Å²) in [5, 5.41) is 8.40. The van der Waals surface area contributed by atoms with Crippen LogP contribution in [0.5, 0.6) is 5.75 Å². The van der Waals surface area contributed by atoms with Gasteiger partial charge in [-0.1, -0.05) is 150 Å². The number of furan rings is 1. The molecule has 0 radical (unpaired) electrons. The van der Waals surface area contributed by atoms with Gasteiger partial charge < -0.3 is 19.0 Å². The van der Waals surface area contributed by atoms with Gasteiger partial charge in [-0.25, -0.2) is 0 Å². The Hall–Kier alpha value is -7.30. The number of benzene rings is 8. The summed E-state index contributed by atoms with van der Waals surface area (Å²) in [7, 11) is 0. The molecule has 8 aromatic carbocycles. The summed E-state index contributed by atoms with van der Waals surface area (Å²) >= 11 is 0. The van der Waals surface area contributed by atoms with Crippen LogP contribution in [0.3, 0.4) is 0 Å². The first-order chi connectivity index (χ1) is 31.6. The first-order valence-corrected chi connectivity index (χ1v) is 23.0. The molecular formula is C61H56N2O2. The van der Waals surface area contributed by atoms with Gasteiger partial charge in [-0.3, -0.25) is 0 Å². The van der Waals surface area contributed by atoms with Crippen LogP contribution in [0.4, 0.5) is 34.1 Å². The molecule has 1 aromatic heterocycles. The Morgan fingerprint density at radius 1 is 0.631 bits per heavy atom. The van der Waals surface area contributed by atoms with Gasteiger partial charge in [0.25, 0.3) is 0 Å². The van der Waals surface area contributed by atoms with Gasteiger partial charge in [-0.05, 0) is 131 Å². The lowest BCUT2D eigenvalue weighted by Gasteiger charge is -2.31. The van der Waals surface area contributed by atoms with Crippen LogP contribution < -0.4 is 14.5 Å². The monoisotopic (exact) mass is 848 g/mol. The minimum Gasteiger partial charge on any atom is -0.487 e. The molecule has 1 aliphatic rings. The van der Waals surface area contributed by atoms with E-state index in [1.165, 1.54) is 54.6 Å². The van der Waals surface area contributed by atoms with Crippen LogP contribution in [0.15, 0.2) is 174 Å².